The highest BCUT2D eigenvalue weighted by Crippen LogP contribution is 2.37. The fourth-order valence-corrected chi connectivity index (χ4v) is 16.9. The normalized spacial score (nSPS) is 10.7. The van der Waals surface area contributed by atoms with Crippen molar-refractivity contribution in [1.29, 1.82) is 0 Å². The van der Waals surface area contributed by atoms with Crippen LogP contribution in [-0.2, 0) is 36.5 Å². The SMILES string of the molecule is CCC(C)(c1ccc(C)cc1)c1ccc(C)cc1.Cc1ccc(-c2ccc(C)c(C)c2)c(C)c1.Cc1ccc(-c2ccc(C)cc2)cc1.Cc1ccc(C(C)(C)c2ccc(C)cc2)cc1.Cc1ccc(C(C)c2ccc(C)cc2)cc1.Cc1ccc(CCc2ccc(C)cc2)cc1.Cc1ccc(Cc2ccc(C)c(C)c2)c(C)c1.Cc1ccc(Cc2ccc(C)cc2)cc1.Cc1ccc(Oc2ccc(C)cc2)cc1. The van der Waals surface area contributed by atoms with Crippen LogP contribution in [0.5, 0.6) is 11.5 Å². The minimum Gasteiger partial charge on any atom is -0.457 e. The minimum absolute atomic E-state index is 0.0708. The molecule has 18 rings (SSSR count). The highest BCUT2D eigenvalue weighted by Gasteiger charge is 2.27. The Kier molecular flexibility index (Phi) is 43.0. The summed E-state index contributed by atoms with van der Waals surface area (Å²) in [6.07, 6.45) is 5.43. The predicted octanol–water partition coefficient (Wildman–Crippen LogP) is 39.3. The second-order valence-corrected chi connectivity index (χ2v) is 41.0. The first-order valence-electron chi connectivity index (χ1n) is 51.7. The second-order valence-electron chi connectivity index (χ2n) is 41.0. The van der Waals surface area contributed by atoms with Gasteiger partial charge in [0.2, 0.25) is 0 Å². The molecule has 0 amide bonds. The van der Waals surface area contributed by atoms with Crippen LogP contribution in [0.2, 0.25) is 0 Å². The van der Waals surface area contributed by atoms with Gasteiger partial charge in [-0.15, -0.1) is 0 Å². The second kappa shape index (κ2) is 55.4. The fraction of sp³-hybridized carbons (Fsp3) is 0.245. The number of hydrogen-bond acceptors (Lipinski definition) is 1. The Hall–Kier alpha value is -14.2. The van der Waals surface area contributed by atoms with Gasteiger partial charge in [-0.25, -0.2) is 0 Å². The van der Waals surface area contributed by atoms with Crippen LogP contribution >= 0.6 is 0 Å². The van der Waals surface area contributed by atoms with Gasteiger partial charge in [0.25, 0.3) is 0 Å². The standard InChI is InChI=1S/C18H22.2C17H20.3C16H18.C15H16.C14H14O.C14H14/c1-5-18(4,16-10-6-14(2)7-11-16)17-12-8-15(3)9-13-17;1-13-5-9-15(10-6-13)17(3,4)16-11-7-14(2)8-12-16;1-12-5-8-17(15(4)9-12)11-16-7-6-13(2)14(3)10-16;1-12-4-8-15(9-5-12)14(3)16-10-6-13(2)7-11-16;1-11-5-8-16(14(4)9-11)15-7-6-12(2)13(3)10-15;1-13-3-7-15(8-4-13)11-12-16-9-5-14(2)6-10-16;1-12-3-7-14(8-4-12)11-15-9-5-13(2)6-10-15;1-11-3-7-13(8-4-11)15-14-9-5-12(2)6-10-14;1-11-3-7-13(8-4-11)14-9-5-12(2)6-10-14/h6-13H,5H2,1-4H3;5-12H,1-4H3;5-10H,11H2,1-4H3;4-11,14H,1-3H3;5-10H,1-4H3;3-10H,11-12H2,1-2H3;3-10H,11H2,1-2H3;3-10H,1-2H3;3-10H,1-2H3. The molecule has 0 bridgehead atoms. The molecule has 18 aromatic carbocycles. The van der Waals surface area contributed by atoms with Crippen LogP contribution in [0, 0.1) is 152 Å². The number of hydrogen-bond donors (Lipinski definition) is 0. The molecule has 738 valence electrons. The van der Waals surface area contributed by atoms with E-state index in [0.717, 1.165) is 43.6 Å². The quantitative estimate of drug-likeness (QED) is 0.0832. The Morgan fingerprint density at radius 1 is 0.201 bits per heavy atom. The monoisotopic (exact) mass is 1890 g/mol. The summed E-state index contributed by atoms with van der Waals surface area (Å²) in [7, 11) is 0. The molecule has 18 aromatic rings. The Labute approximate surface area is 869 Å². The molecule has 0 aliphatic carbocycles. The van der Waals surface area contributed by atoms with Crippen LogP contribution in [0.1, 0.15) is 236 Å². The van der Waals surface area contributed by atoms with E-state index in [1.807, 2.05) is 48.5 Å². The van der Waals surface area contributed by atoms with Gasteiger partial charge in [0.15, 0.2) is 0 Å². The van der Waals surface area contributed by atoms with Crippen molar-refractivity contribution in [2.24, 2.45) is 0 Å². The van der Waals surface area contributed by atoms with Gasteiger partial charge in [0.1, 0.15) is 11.5 Å². The Morgan fingerprint density at radius 2 is 0.458 bits per heavy atom. The maximum atomic E-state index is 5.69. The largest absolute Gasteiger partial charge is 0.457 e. The molecule has 0 aromatic heterocycles. The lowest BCUT2D eigenvalue weighted by Gasteiger charge is -2.30. The molecule has 0 aliphatic heterocycles. The van der Waals surface area contributed by atoms with Crippen LogP contribution in [0.3, 0.4) is 0 Å². The van der Waals surface area contributed by atoms with Crippen molar-refractivity contribution in [3.8, 4) is 33.8 Å². The van der Waals surface area contributed by atoms with Crippen molar-refractivity contribution in [1.82, 2.24) is 0 Å². The van der Waals surface area contributed by atoms with Crippen molar-refractivity contribution in [3.05, 3.63) is 602 Å². The molecule has 144 heavy (non-hydrogen) atoms. The van der Waals surface area contributed by atoms with Crippen molar-refractivity contribution < 1.29 is 4.74 Å². The van der Waals surface area contributed by atoms with E-state index < -0.39 is 0 Å². The van der Waals surface area contributed by atoms with Gasteiger partial charge in [0.05, 0.1) is 0 Å². The Balaban J connectivity index is 0.000000166. The molecule has 0 heterocycles. The first-order chi connectivity index (χ1) is 68.8. The molecule has 0 radical (unpaired) electrons. The maximum Gasteiger partial charge on any atom is 0.127 e. The molecule has 1 heteroatoms. The zero-order chi connectivity index (χ0) is 104. The molecule has 0 unspecified atom stereocenters. The number of aryl methyl sites for hydroxylation is 24. The van der Waals surface area contributed by atoms with E-state index in [0.29, 0.717) is 5.92 Å². The van der Waals surface area contributed by atoms with Crippen LogP contribution in [0.15, 0.2) is 413 Å². The Bertz CT molecular complexity index is 6470. The summed E-state index contributed by atoms with van der Waals surface area (Å²) in [5.74, 6) is 2.23. The highest BCUT2D eigenvalue weighted by atomic mass is 16.5. The fourth-order valence-electron chi connectivity index (χ4n) is 16.9. The molecule has 0 N–H and O–H groups in total. The van der Waals surface area contributed by atoms with Crippen molar-refractivity contribution in [2.75, 3.05) is 0 Å². The summed E-state index contributed by atoms with van der Waals surface area (Å²) in [4.78, 5) is 0. The average Bonchev–Trinajstić information content (AvgIpc) is 0.743. The lowest BCUT2D eigenvalue weighted by atomic mass is 9.74. The van der Waals surface area contributed by atoms with Gasteiger partial charge in [0, 0.05) is 16.7 Å². The van der Waals surface area contributed by atoms with Crippen molar-refractivity contribution >= 4 is 0 Å². The number of rotatable bonds is 18. The van der Waals surface area contributed by atoms with Crippen LogP contribution in [0.25, 0.3) is 22.3 Å². The van der Waals surface area contributed by atoms with E-state index in [1.54, 1.807) is 0 Å². The maximum absolute atomic E-state index is 5.69. The van der Waals surface area contributed by atoms with Gasteiger partial charge in [-0.1, -0.05) is 512 Å². The minimum atomic E-state index is 0.0708. The van der Waals surface area contributed by atoms with E-state index in [-0.39, 0.29) is 10.8 Å². The summed E-state index contributed by atoms with van der Waals surface area (Å²) in [5.41, 5.74) is 51.3. The summed E-state index contributed by atoms with van der Waals surface area (Å²) in [6.45, 7) is 58.4. The molecule has 0 aliphatic rings. The molecular formula is C143H160O. The first-order valence-corrected chi connectivity index (χ1v) is 51.7. The average molecular weight is 1890 g/mol. The van der Waals surface area contributed by atoms with Gasteiger partial charge >= 0.3 is 0 Å². The van der Waals surface area contributed by atoms with Gasteiger partial charge in [-0.3, -0.25) is 0 Å². The molecule has 0 saturated carbocycles. The summed E-state index contributed by atoms with van der Waals surface area (Å²) < 4.78 is 5.69. The molecule has 1 nitrogen and oxygen atoms in total. The van der Waals surface area contributed by atoms with E-state index in [9.17, 15) is 0 Å². The topological polar surface area (TPSA) is 9.23 Å². The first kappa shape index (κ1) is 112. The molecule has 0 fully saturated rings. The smallest absolute Gasteiger partial charge is 0.127 e. The van der Waals surface area contributed by atoms with Crippen molar-refractivity contribution in [2.45, 2.75) is 236 Å². The van der Waals surface area contributed by atoms with Crippen LogP contribution in [0.4, 0.5) is 0 Å². The van der Waals surface area contributed by atoms with Crippen LogP contribution < -0.4 is 4.74 Å². The lowest BCUT2D eigenvalue weighted by Crippen LogP contribution is -2.22. The lowest BCUT2D eigenvalue weighted by molar-refractivity contribution is 0.482. The predicted molar refractivity (Wildman–Crippen MR) is 628 cm³/mol. The van der Waals surface area contributed by atoms with Gasteiger partial charge in [-0.2, -0.15) is 0 Å². The third-order valence-electron chi connectivity index (χ3n) is 27.8. The van der Waals surface area contributed by atoms with Crippen LogP contribution in [-0.4, -0.2) is 0 Å². The van der Waals surface area contributed by atoms with E-state index >= 15 is 0 Å². The molecule has 0 spiro atoms. The molecular weight excluding hydrogens is 1730 g/mol. The summed E-state index contributed by atoms with van der Waals surface area (Å²) in [6, 6.07) is 148. The molecule has 0 saturated heterocycles. The number of benzene rings is 18. The number of ether oxygens (including phenoxy) is 1. The van der Waals surface area contributed by atoms with Gasteiger partial charge < -0.3 is 4.74 Å². The van der Waals surface area contributed by atoms with E-state index in [4.69, 9.17) is 4.74 Å². The Morgan fingerprint density at radius 3 is 0.771 bits per heavy atom. The molecule has 0 atom stereocenters. The third kappa shape index (κ3) is 36.3. The zero-order valence-corrected chi connectivity index (χ0v) is 91.8. The van der Waals surface area contributed by atoms with E-state index in [2.05, 4.69) is 551 Å². The zero-order valence-electron chi connectivity index (χ0n) is 91.8. The summed E-state index contributed by atoms with van der Waals surface area (Å²) in [5, 5.41) is 0. The third-order valence-corrected chi connectivity index (χ3v) is 27.8. The highest BCUT2D eigenvalue weighted by molar-refractivity contribution is 5.69. The van der Waals surface area contributed by atoms with Crippen molar-refractivity contribution in [3.63, 3.8) is 0 Å². The van der Waals surface area contributed by atoms with Gasteiger partial charge in [-0.05, 0) is 331 Å². The summed E-state index contributed by atoms with van der Waals surface area (Å²) >= 11 is 0. The van der Waals surface area contributed by atoms with E-state index in [1.165, 1.54) is 211 Å².